The smallest absolute Gasteiger partial charge is 0.408 e. The van der Waals surface area contributed by atoms with Gasteiger partial charge >= 0.3 is 11.1 Å². The zero-order valence-corrected chi connectivity index (χ0v) is 11.7. The maximum Gasteiger partial charge on any atom is 0.408 e. The molecule has 102 valence electrons. The van der Waals surface area contributed by atoms with Crippen molar-refractivity contribution in [2.45, 2.75) is 26.4 Å². The molecule has 1 aromatic rings. The Morgan fingerprint density at radius 3 is 2.74 bits per heavy atom. The average molecular weight is 282 g/mol. The number of amides is 1. The monoisotopic (exact) mass is 282 g/mol. The first-order valence-corrected chi connectivity index (χ1v) is 6.29. The van der Waals surface area contributed by atoms with Crippen molar-refractivity contribution < 1.29 is 14.5 Å². The SMILES string of the molecule is CC(C)(C)OC(=O)NCC#Cc1ccc([N+](=O)[O-])s1. The molecule has 0 aliphatic rings. The molecule has 6 nitrogen and oxygen atoms in total. The van der Waals surface area contributed by atoms with Crippen LogP contribution in [0.25, 0.3) is 0 Å². The zero-order valence-electron chi connectivity index (χ0n) is 10.9. The van der Waals surface area contributed by atoms with Crippen LogP contribution in [0.1, 0.15) is 25.6 Å². The highest BCUT2D eigenvalue weighted by atomic mass is 32.1. The second-order valence-electron chi connectivity index (χ2n) is 4.55. The molecule has 0 radical (unpaired) electrons. The molecule has 0 fully saturated rings. The normalized spacial score (nSPS) is 10.3. The Balaban J connectivity index is 2.43. The van der Waals surface area contributed by atoms with Gasteiger partial charge in [0.1, 0.15) is 5.60 Å². The number of nitro groups is 1. The molecule has 0 bridgehead atoms. The Morgan fingerprint density at radius 1 is 1.53 bits per heavy atom. The fraction of sp³-hybridized carbons (Fsp3) is 0.417. The molecule has 1 N–H and O–H groups in total. The standard InChI is InChI=1S/C12H14N2O4S/c1-12(2,3)18-11(15)13-8-4-5-9-6-7-10(19-9)14(16)17/h6-7H,8H2,1-3H3,(H,13,15). The third kappa shape index (κ3) is 5.88. The van der Waals surface area contributed by atoms with Crippen molar-refractivity contribution in [2.24, 2.45) is 0 Å². The van der Waals surface area contributed by atoms with Gasteiger partial charge in [-0.2, -0.15) is 0 Å². The van der Waals surface area contributed by atoms with E-state index in [0.29, 0.717) is 4.88 Å². The van der Waals surface area contributed by atoms with Gasteiger partial charge in [-0.25, -0.2) is 4.79 Å². The van der Waals surface area contributed by atoms with Crippen LogP contribution in [0.15, 0.2) is 12.1 Å². The molecule has 0 aliphatic carbocycles. The molecule has 0 atom stereocenters. The third-order valence-electron chi connectivity index (χ3n) is 1.70. The minimum atomic E-state index is -0.550. The number of nitrogens with zero attached hydrogens (tertiary/aromatic N) is 1. The lowest BCUT2D eigenvalue weighted by atomic mass is 10.2. The molecule has 1 heterocycles. The van der Waals surface area contributed by atoms with Crippen LogP contribution in [-0.2, 0) is 4.74 Å². The van der Waals surface area contributed by atoms with Crippen LogP contribution < -0.4 is 5.32 Å². The van der Waals surface area contributed by atoms with E-state index in [0.717, 1.165) is 11.3 Å². The minimum absolute atomic E-state index is 0.0457. The molecule has 0 aliphatic heterocycles. The molecule has 1 aromatic heterocycles. The van der Waals surface area contributed by atoms with E-state index >= 15 is 0 Å². The molecular weight excluding hydrogens is 268 g/mol. The van der Waals surface area contributed by atoms with E-state index in [9.17, 15) is 14.9 Å². The fourth-order valence-corrected chi connectivity index (χ4v) is 1.75. The first-order chi connectivity index (χ1) is 8.78. The average Bonchev–Trinajstić information content (AvgIpc) is 2.70. The summed E-state index contributed by atoms with van der Waals surface area (Å²) in [6.45, 7) is 5.43. The van der Waals surface area contributed by atoms with Crippen LogP contribution in [0.5, 0.6) is 0 Å². The van der Waals surface area contributed by atoms with E-state index in [1.807, 2.05) is 0 Å². The Labute approximate surface area is 114 Å². The summed E-state index contributed by atoms with van der Waals surface area (Å²) in [5.41, 5.74) is -0.550. The van der Waals surface area contributed by atoms with Crippen molar-refractivity contribution in [1.29, 1.82) is 0 Å². The van der Waals surface area contributed by atoms with Crippen molar-refractivity contribution in [3.05, 3.63) is 27.1 Å². The summed E-state index contributed by atoms with van der Waals surface area (Å²) in [6, 6.07) is 2.97. The predicted molar refractivity (Wildman–Crippen MR) is 72.1 cm³/mol. The van der Waals surface area contributed by atoms with Crippen molar-refractivity contribution in [2.75, 3.05) is 6.54 Å². The quantitative estimate of drug-likeness (QED) is 0.513. The summed E-state index contributed by atoms with van der Waals surface area (Å²) in [7, 11) is 0. The number of alkyl carbamates (subject to hydrolysis) is 1. The zero-order chi connectivity index (χ0) is 14.5. The molecule has 0 saturated heterocycles. The highest BCUT2D eigenvalue weighted by molar-refractivity contribution is 7.15. The van der Waals surface area contributed by atoms with Gasteiger partial charge in [0.25, 0.3) is 0 Å². The van der Waals surface area contributed by atoms with Gasteiger partial charge in [-0.05, 0) is 26.8 Å². The van der Waals surface area contributed by atoms with Crippen molar-refractivity contribution >= 4 is 22.4 Å². The lowest BCUT2D eigenvalue weighted by molar-refractivity contribution is -0.380. The van der Waals surface area contributed by atoms with Gasteiger partial charge in [0.05, 0.1) is 16.3 Å². The Bertz CT molecular complexity index is 534. The van der Waals surface area contributed by atoms with Crippen molar-refractivity contribution in [3.63, 3.8) is 0 Å². The highest BCUT2D eigenvalue weighted by Crippen LogP contribution is 2.22. The summed E-state index contributed by atoms with van der Waals surface area (Å²) in [4.78, 5) is 21.9. The van der Waals surface area contributed by atoms with E-state index < -0.39 is 16.6 Å². The number of nitrogens with one attached hydrogen (secondary N) is 1. The summed E-state index contributed by atoms with van der Waals surface area (Å²) >= 11 is 0.993. The van der Waals surface area contributed by atoms with Gasteiger partial charge in [-0.1, -0.05) is 23.2 Å². The number of hydrogen-bond donors (Lipinski definition) is 1. The van der Waals surface area contributed by atoms with Crippen LogP contribution in [-0.4, -0.2) is 23.2 Å². The Kier molecular flexibility index (Phi) is 4.89. The summed E-state index contributed by atoms with van der Waals surface area (Å²) in [6.07, 6.45) is -0.543. The summed E-state index contributed by atoms with van der Waals surface area (Å²) in [5.74, 6) is 5.43. The molecule has 19 heavy (non-hydrogen) atoms. The number of carbonyl (C=O) groups excluding carboxylic acids is 1. The van der Waals surface area contributed by atoms with Gasteiger partial charge in [-0.15, -0.1) is 0 Å². The third-order valence-corrected chi connectivity index (χ3v) is 2.66. The highest BCUT2D eigenvalue weighted by Gasteiger charge is 2.15. The molecule has 7 heteroatoms. The number of carbonyl (C=O) groups is 1. The molecule has 1 amide bonds. The van der Waals surface area contributed by atoms with Crippen LogP contribution >= 0.6 is 11.3 Å². The van der Waals surface area contributed by atoms with Gasteiger partial charge in [0.15, 0.2) is 0 Å². The minimum Gasteiger partial charge on any atom is -0.444 e. The van der Waals surface area contributed by atoms with E-state index in [4.69, 9.17) is 4.74 Å². The Morgan fingerprint density at radius 2 is 2.21 bits per heavy atom. The summed E-state index contributed by atoms with van der Waals surface area (Å²) < 4.78 is 5.02. The number of thiophene rings is 1. The van der Waals surface area contributed by atoms with E-state index in [2.05, 4.69) is 17.2 Å². The lowest BCUT2D eigenvalue weighted by Gasteiger charge is -2.18. The molecule has 0 spiro atoms. The van der Waals surface area contributed by atoms with Crippen LogP contribution in [0, 0.1) is 22.0 Å². The predicted octanol–water partition coefficient (Wildman–Crippen LogP) is 2.53. The Hall–Kier alpha value is -2.07. The molecule has 0 unspecified atom stereocenters. The van der Waals surface area contributed by atoms with Crippen molar-refractivity contribution in [3.8, 4) is 11.8 Å². The van der Waals surface area contributed by atoms with E-state index in [1.54, 1.807) is 26.8 Å². The second kappa shape index (κ2) is 6.20. The molecular formula is C12H14N2O4S. The first kappa shape index (κ1) is 15.0. The summed E-state index contributed by atoms with van der Waals surface area (Å²) in [5, 5.41) is 13.0. The molecule has 0 aromatic carbocycles. The number of hydrogen-bond acceptors (Lipinski definition) is 5. The van der Waals surface area contributed by atoms with Gasteiger partial charge < -0.3 is 10.1 Å². The van der Waals surface area contributed by atoms with Crippen LogP contribution in [0.4, 0.5) is 9.80 Å². The van der Waals surface area contributed by atoms with Gasteiger partial charge in [0, 0.05) is 6.07 Å². The van der Waals surface area contributed by atoms with Crippen molar-refractivity contribution in [1.82, 2.24) is 5.32 Å². The van der Waals surface area contributed by atoms with Gasteiger partial charge in [-0.3, -0.25) is 10.1 Å². The number of ether oxygens (including phenoxy) is 1. The molecule has 1 rings (SSSR count). The maximum atomic E-state index is 11.3. The first-order valence-electron chi connectivity index (χ1n) is 5.48. The van der Waals surface area contributed by atoms with Crippen LogP contribution in [0.2, 0.25) is 0 Å². The van der Waals surface area contributed by atoms with Crippen LogP contribution in [0.3, 0.4) is 0 Å². The lowest BCUT2D eigenvalue weighted by Crippen LogP contribution is -2.32. The van der Waals surface area contributed by atoms with E-state index in [1.165, 1.54) is 6.07 Å². The maximum absolute atomic E-state index is 11.3. The largest absolute Gasteiger partial charge is 0.444 e. The number of rotatable bonds is 2. The molecule has 0 saturated carbocycles. The topological polar surface area (TPSA) is 81.5 Å². The fourth-order valence-electron chi connectivity index (χ4n) is 1.05. The second-order valence-corrected chi connectivity index (χ2v) is 5.61. The van der Waals surface area contributed by atoms with E-state index in [-0.39, 0.29) is 11.5 Å². The van der Waals surface area contributed by atoms with Gasteiger partial charge in [0.2, 0.25) is 0 Å².